The fraction of sp³-hybridized carbons (Fsp3) is 0.200. The van der Waals surface area contributed by atoms with Gasteiger partial charge in [0.15, 0.2) is 4.96 Å². The molecular weight excluding hydrogens is 343 g/mol. The zero-order valence-corrected chi connectivity index (χ0v) is 14.0. The van der Waals surface area contributed by atoms with Crippen LogP contribution in [0.2, 0.25) is 10.0 Å². The minimum atomic E-state index is -0.907. The molecule has 0 aliphatic heterocycles. The molecule has 0 atom stereocenters. The Hall–Kier alpha value is -1.56. The predicted molar refractivity (Wildman–Crippen MR) is 89.5 cm³/mol. The number of nitrogens with zero attached hydrogens (tertiary/aromatic N) is 2. The Morgan fingerprint density at radius 3 is 2.77 bits per heavy atom. The molecule has 1 N–H and O–H groups in total. The third-order valence-corrected chi connectivity index (χ3v) is 5.14. The predicted octanol–water partition coefficient (Wildman–Crippen LogP) is 5.02. The fourth-order valence-electron chi connectivity index (χ4n) is 2.32. The Labute approximate surface area is 140 Å². The molecule has 2 heterocycles. The second-order valence-electron chi connectivity index (χ2n) is 4.84. The monoisotopic (exact) mass is 354 g/mol. The van der Waals surface area contributed by atoms with E-state index in [4.69, 9.17) is 23.2 Å². The molecule has 3 aromatic rings. The van der Waals surface area contributed by atoms with Crippen LogP contribution >= 0.6 is 34.5 Å². The maximum Gasteiger partial charge on any atom is 0.347 e. The molecule has 1 aromatic carbocycles. The summed E-state index contributed by atoms with van der Waals surface area (Å²) in [5.74, 6) is -0.907. The molecular formula is C15H12Cl2N2O2S. The van der Waals surface area contributed by atoms with E-state index in [0.717, 1.165) is 23.4 Å². The van der Waals surface area contributed by atoms with Crippen molar-refractivity contribution in [1.29, 1.82) is 0 Å². The van der Waals surface area contributed by atoms with Crippen molar-refractivity contribution in [1.82, 2.24) is 9.38 Å². The molecule has 0 radical (unpaired) electrons. The van der Waals surface area contributed by atoms with Crippen LogP contribution in [0.3, 0.4) is 0 Å². The summed E-state index contributed by atoms with van der Waals surface area (Å²) in [6.07, 6.45) is 3.41. The van der Waals surface area contributed by atoms with Gasteiger partial charge in [-0.3, -0.25) is 4.40 Å². The van der Waals surface area contributed by atoms with Gasteiger partial charge in [-0.2, -0.15) is 0 Å². The first-order valence-corrected chi connectivity index (χ1v) is 8.28. The first-order chi connectivity index (χ1) is 10.5. The molecule has 0 bridgehead atoms. The third-order valence-electron chi connectivity index (χ3n) is 3.32. The van der Waals surface area contributed by atoms with Gasteiger partial charge in [-0.15, -0.1) is 0 Å². The summed E-state index contributed by atoms with van der Waals surface area (Å²) < 4.78 is 1.86. The van der Waals surface area contributed by atoms with Crippen LogP contribution in [0.5, 0.6) is 0 Å². The molecule has 0 amide bonds. The van der Waals surface area contributed by atoms with E-state index in [1.165, 1.54) is 11.3 Å². The van der Waals surface area contributed by atoms with Gasteiger partial charge >= 0.3 is 5.97 Å². The summed E-state index contributed by atoms with van der Waals surface area (Å²) in [7, 11) is 0. The lowest BCUT2D eigenvalue weighted by Crippen LogP contribution is -2.00. The quantitative estimate of drug-likeness (QED) is 0.715. The van der Waals surface area contributed by atoms with Crippen molar-refractivity contribution >= 4 is 45.5 Å². The molecule has 114 valence electrons. The van der Waals surface area contributed by atoms with Gasteiger partial charge in [0.2, 0.25) is 0 Å². The molecule has 0 aliphatic carbocycles. The minimum absolute atomic E-state index is 0.352. The molecule has 0 unspecified atom stereocenters. The number of fused-ring (bicyclic) bond motifs is 1. The highest BCUT2D eigenvalue weighted by Crippen LogP contribution is 2.31. The van der Waals surface area contributed by atoms with E-state index in [9.17, 15) is 9.90 Å². The van der Waals surface area contributed by atoms with Gasteiger partial charge in [0.25, 0.3) is 0 Å². The van der Waals surface area contributed by atoms with Crippen molar-refractivity contribution in [2.24, 2.45) is 0 Å². The van der Waals surface area contributed by atoms with E-state index < -0.39 is 5.97 Å². The highest BCUT2D eigenvalue weighted by Gasteiger charge is 2.19. The van der Waals surface area contributed by atoms with Crippen LogP contribution in [0.15, 0.2) is 24.4 Å². The van der Waals surface area contributed by atoms with E-state index in [1.54, 1.807) is 12.1 Å². The molecule has 0 aliphatic rings. The van der Waals surface area contributed by atoms with Crippen LogP contribution in [0.1, 0.15) is 28.7 Å². The maximum atomic E-state index is 11.3. The largest absolute Gasteiger partial charge is 0.477 e. The average molecular weight is 355 g/mol. The highest BCUT2D eigenvalue weighted by atomic mass is 35.5. The number of aromatic carboxylic acids is 1. The maximum absolute atomic E-state index is 11.3. The molecule has 4 nitrogen and oxygen atoms in total. The van der Waals surface area contributed by atoms with Gasteiger partial charge in [-0.1, -0.05) is 53.9 Å². The molecule has 3 rings (SSSR count). The van der Waals surface area contributed by atoms with E-state index in [-0.39, 0.29) is 0 Å². The number of hydrogen-bond acceptors (Lipinski definition) is 3. The number of halogens is 2. The second kappa shape index (κ2) is 5.91. The first kappa shape index (κ1) is 15.3. The Morgan fingerprint density at radius 2 is 2.14 bits per heavy atom. The summed E-state index contributed by atoms with van der Waals surface area (Å²) in [6, 6.07) is 5.33. The lowest BCUT2D eigenvalue weighted by Gasteiger charge is -2.00. The molecule has 22 heavy (non-hydrogen) atoms. The van der Waals surface area contributed by atoms with Gasteiger partial charge in [0.1, 0.15) is 4.88 Å². The normalized spacial score (nSPS) is 11.2. The number of aryl methyl sites for hydroxylation is 1. The van der Waals surface area contributed by atoms with Crippen LogP contribution in [0, 0.1) is 0 Å². The second-order valence-corrected chi connectivity index (χ2v) is 6.63. The number of carbonyl (C=O) groups is 1. The topological polar surface area (TPSA) is 54.6 Å². The van der Waals surface area contributed by atoms with Gasteiger partial charge in [-0.05, 0) is 18.6 Å². The zero-order valence-electron chi connectivity index (χ0n) is 11.6. The van der Waals surface area contributed by atoms with Crippen molar-refractivity contribution in [3.8, 4) is 11.3 Å². The van der Waals surface area contributed by atoms with Crippen molar-refractivity contribution < 1.29 is 9.90 Å². The molecule has 0 spiro atoms. The summed E-state index contributed by atoms with van der Waals surface area (Å²) >= 11 is 13.2. The standard InChI is InChI=1S/C15H12Cl2N2O2S/c1-2-3-12-13(14(20)21)22-15-18-11(7-19(12)15)8-4-5-9(16)10(17)6-8/h4-7H,2-3H2,1H3,(H,20,21). The number of imidazole rings is 1. The van der Waals surface area contributed by atoms with E-state index >= 15 is 0 Å². The smallest absolute Gasteiger partial charge is 0.347 e. The van der Waals surface area contributed by atoms with Crippen LogP contribution < -0.4 is 0 Å². The average Bonchev–Trinajstić information content (AvgIpc) is 3.01. The number of thiazole rings is 1. The van der Waals surface area contributed by atoms with Crippen LogP contribution in [0.25, 0.3) is 16.2 Å². The molecule has 7 heteroatoms. The molecule has 2 aromatic heterocycles. The van der Waals surface area contributed by atoms with E-state index in [1.807, 2.05) is 23.6 Å². The zero-order chi connectivity index (χ0) is 15.9. The number of aromatic nitrogens is 2. The van der Waals surface area contributed by atoms with Crippen LogP contribution in [0.4, 0.5) is 0 Å². The molecule has 0 saturated carbocycles. The Kier molecular flexibility index (Phi) is 4.12. The minimum Gasteiger partial charge on any atom is -0.477 e. The van der Waals surface area contributed by atoms with Crippen molar-refractivity contribution in [3.05, 3.63) is 45.0 Å². The van der Waals surface area contributed by atoms with Gasteiger partial charge < -0.3 is 5.11 Å². The van der Waals surface area contributed by atoms with Crippen LogP contribution in [-0.4, -0.2) is 20.5 Å². The Balaban J connectivity index is 2.13. The number of benzene rings is 1. The summed E-state index contributed by atoms with van der Waals surface area (Å²) in [5, 5.41) is 10.3. The van der Waals surface area contributed by atoms with Crippen LogP contribution in [-0.2, 0) is 6.42 Å². The Bertz CT molecular complexity index is 870. The number of rotatable bonds is 4. The lowest BCUT2D eigenvalue weighted by molar-refractivity contribution is 0.0700. The number of hydrogen-bond donors (Lipinski definition) is 1. The van der Waals surface area contributed by atoms with Crippen molar-refractivity contribution in [2.45, 2.75) is 19.8 Å². The third kappa shape index (κ3) is 2.60. The van der Waals surface area contributed by atoms with Gasteiger partial charge in [0, 0.05) is 17.5 Å². The van der Waals surface area contributed by atoms with E-state index in [0.29, 0.717) is 26.3 Å². The highest BCUT2D eigenvalue weighted by molar-refractivity contribution is 7.19. The van der Waals surface area contributed by atoms with Gasteiger partial charge in [0.05, 0.1) is 15.7 Å². The first-order valence-electron chi connectivity index (χ1n) is 6.70. The number of carboxylic acid groups (broad SMARTS) is 1. The van der Waals surface area contributed by atoms with Gasteiger partial charge in [-0.25, -0.2) is 9.78 Å². The van der Waals surface area contributed by atoms with Crippen molar-refractivity contribution in [3.63, 3.8) is 0 Å². The van der Waals surface area contributed by atoms with Crippen molar-refractivity contribution in [2.75, 3.05) is 0 Å². The fourth-order valence-corrected chi connectivity index (χ4v) is 3.61. The molecule has 0 saturated heterocycles. The summed E-state index contributed by atoms with van der Waals surface area (Å²) in [5.41, 5.74) is 2.39. The SMILES string of the molecule is CCCc1c(C(=O)O)sc2nc(-c3ccc(Cl)c(Cl)c3)cn12. The molecule has 0 fully saturated rings. The summed E-state index contributed by atoms with van der Waals surface area (Å²) in [4.78, 5) is 16.9. The Morgan fingerprint density at radius 1 is 1.36 bits per heavy atom. The number of carboxylic acids is 1. The van der Waals surface area contributed by atoms with E-state index in [2.05, 4.69) is 4.98 Å². The lowest BCUT2D eigenvalue weighted by atomic mass is 10.2. The summed E-state index contributed by atoms with van der Waals surface area (Å²) in [6.45, 7) is 2.02.